The number of rotatable bonds is 4. The van der Waals surface area contributed by atoms with E-state index in [1.165, 1.54) is 0 Å². The summed E-state index contributed by atoms with van der Waals surface area (Å²) < 4.78 is 1.65. The number of fused-ring (bicyclic) bond motifs is 1. The molecule has 0 bridgehead atoms. The molecule has 140 valence electrons. The fraction of sp³-hybridized carbons (Fsp3) is 0.167. The number of hydrogen-bond acceptors (Lipinski definition) is 7. The molecule has 5 rings (SSSR count). The summed E-state index contributed by atoms with van der Waals surface area (Å²) in [5.74, 6) is 0.997. The molecule has 10 heteroatoms. The lowest BCUT2D eigenvalue weighted by atomic mass is 10.3. The summed E-state index contributed by atoms with van der Waals surface area (Å²) in [6, 6.07) is 7.69. The molecule has 1 aliphatic rings. The minimum Gasteiger partial charge on any atom is -0.493 e. The minimum atomic E-state index is -0.491. The maximum Gasteiger partial charge on any atom is 0.326 e. The van der Waals surface area contributed by atoms with Gasteiger partial charge in [-0.05, 0) is 31.1 Å². The van der Waals surface area contributed by atoms with Gasteiger partial charge in [0.15, 0.2) is 11.1 Å². The average Bonchev–Trinajstić information content (AvgIpc) is 3.32. The Morgan fingerprint density at radius 1 is 1.29 bits per heavy atom. The molecule has 0 aliphatic heterocycles. The number of nitrogens with zero attached hydrogens (tertiary/aromatic N) is 5. The Kier molecular flexibility index (Phi) is 3.68. The van der Waals surface area contributed by atoms with Crippen LogP contribution in [-0.2, 0) is 0 Å². The molecule has 1 saturated carbocycles. The van der Waals surface area contributed by atoms with Gasteiger partial charge in [0.1, 0.15) is 17.3 Å². The van der Waals surface area contributed by atoms with Crippen molar-refractivity contribution in [2.45, 2.75) is 18.9 Å². The molecule has 0 aromatic carbocycles. The van der Waals surface area contributed by atoms with Crippen LogP contribution >= 0.6 is 0 Å². The second-order valence-electron chi connectivity index (χ2n) is 6.52. The lowest BCUT2D eigenvalue weighted by Gasteiger charge is -2.05. The number of anilines is 2. The van der Waals surface area contributed by atoms with Crippen molar-refractivity contribution in [1.29, 1.82) is 0 Å². The maximum atomic E-state index is 11.4. The maximum absolute atomic E-state index is 11.4. The molecule has 0 amide bonds. The first kappa shape index (κ1) is 16.2. The van der Waals surface area contributed by atoms with E-state index < -0.39 is 5.69 Å². The molecular weight excluding hydrogens is 360 g/mol. The van der Waals surface area contributed by atoms with E-state index in [-0.39, 0.29) is 11.6 Å². The predicted octanol–water partition coefficient (Wildman–Crippen LogP) is 0.201. The highest BCUT2D eigenvalue weighted by atomic mass is 16.3. The molecule has 0 saturated heterocycles. The number of imidazole rings is 1. The third-order valence-electron chi connectivity index (χ3n) is 4.30. The number of aromatic hydroxyl groups is 1. The Balaban J connectivity index is 1.70. The Bertz CT molecular complexity index is 1330. The molecule has 0 spiro atoms. The molecular formula is C18H16N8O2. The first-order valence-electron chi connectivity index (χ1n) is 8.79. The Morgan fingerprint density at radius 2 is 2.18 bits per heavy atom. The fourth-order valence-corrected chi connectivity index (χ4v) is 2.83. The van der Waals surface area contributed by atoms with E-state index in [4.69, 9.17) is 4.99 Å². The number of aromatic nitrogens is 6. The van der Waals surface area contributed by atoms with Crippen LogP contribution in [0.15, 0.2) is 46.4 Å². The number of hydrogen-bond donors (Lipinski definition) is 4. The van der Waals surface area contributed by atoms with Crippen molar-refractivity contribution in [2.24, 2.45) is 4.99 Å². The molecule has 4 N–H and O–H groups in total. The standard InChI is InChI=1S/C18H16N8O2/c27-17-12(22-18(28)25-17)7-10-9-20-26-15(21-11-4-5-11)8-14(24-16(10)26)23-13-3-1-2-6-19-13/h1-3,6-9,11,27H,4-5H2,(H,19,23)(H2,22,25,28)/b10-7-,21-15?. The Labute approximate surface area is 157 Å². The highest BCUT2D eigenvalue weighted by molar-refractivity contribution is 5.59. The smallest absolute Gasteiger partial charge is 0.326 e. The third-order valence-corrected chi connectivity index (χ3v) is 4.30. The van der Waals surface area contributed by atoms with Crippen molar-refractivity contribution in [3.63, 3.8) is 0 Å². The van der Waals surface area contributed by atoms with Gasteiger partial charge in [-0.15, -0.1) is 0 Å². The third kappa shape index (κ3) is 3.11. The van der Waals surface area contributed by atoms with Crippen molar-refractivity contribution in [3.05, 3.63) is 63.5 Å². The SMILES string of the molecule is O=c1[nH]c(O)c(/C=c2/cnn3c(=NC4CC4)cc(Nc4ccccn4)nc23)[nH]1. The van der Waals surface area contributed by atoms with Crippen molar-refractivity contribution < 1.29 is 5.11 Å². The highest BCUT2D eigenvalue weighted by Gasteiger charge is 2.20. The highest BCUT2D eigenvalue weighted by Crippen LogP contribution is 2.22. The molecule has 4 heterocycles. The Hall–Kier alpha value is -3.95. The average molecular weight is 376 g/mol. The van der Waals surface area contributed by atoms with Gasteiger partial charge >= 0.3 is 5.69 Å². The van der Waals surface area contributed by atoms with E-state index in [2.05, 4.69) is 30.4 Å². The number of pyridine rings is 1. The zero-order valence-electron chi connectivity index (χ0n) is 14.6. The van der Waals surface area contributed by atoms with Crippen LogP contribution in [0, 0.1) is 0 Å². The van der Waals surface area contributed by atoms with Gasteiger partial charge in [0, 0.05) is 17.5 Å². The van der Waals surface area contributed by atoms with Crippen LogP contribution in [-0.4, -0.2) is 40.7 Å². The van der Waals surface area contributed by atoms with E-state index in [1.54, 1.807) is 23.0 Å². The van der Waals surface area contributed by atoms with E-state index in [0.717, 1.165) is 12.8 Å². The summed E-state index contributed by atoms with van der Waals surface area (Å²) in [6.07, 6.45) is 7.04. The molecule has 4 aromatic heterocycles. The topological polar surface area (TPSA) is 136 Å². The van der Waals surface area contributed by atoms with Crippen LogP contribution in [0.4, 0.5) is 11.6 Å². The zero-order valence-corrected chi connectivity index (χ0v) is 14.6. The van der Waals surface area contributed by atoms with E-state index in [1.807, 2.05) is 24.3 Å². The van der Waals surface area contributed by atoms with Crippen molar-refractivity contribution in [1.82, 2.24) is 29.5 Å². The molecule has 28 heavy (non-hydrogen) atoms. The largest absolute Gasteiger partial charge is 0.493 e. The number of nitrogens with one attached hydrogen (secondary N) is 3. The lowest BCUT2D eigenvalue weighted by molar-refractivity contribution is 0.454. The molecule has 0 radical (unpaired) electrons. The quantitative estimate of drug-likeness (QED) is 0.402. The summed E-state index contributed by atoms with van der Waals surface area (Å²) in [5, 5.41) is 18.0. The van der Waals surface area contributed by atoms with Gasteiger partial charge in [0.2, 0.25) is 5.88 Å². The predicted molar refractivity (Wildman–Crippen MR) is 101 cm³/mol. The first-order chi connectivity index (χ1) is 13.7. The monoisotopic (exact) mass is 376 g/mol. The van der Waals surface area contributed by atoms with Gasteiger partial charge in [0.05, 0.1) is 12.2 Å². The van der Waals surface area contributed by atoms with Gasteiger partial charge in [-0.1, -0.05) is 6.07 Å². The van der Waals surface area contributed by atoms with Gasteiger partial charge in [-0.25, -0.2) is 14.8 Å². The van der Waals surface area contributed by atoms with Crippen LogP contribution in [0.3, 0.4) is 0 Å². The zero-order chi connectivity index (χ0) is 19.1. The molecule has 1 aliphatic carbocycles. The molecule has 10 nitrogen and oxygen atoms in total. The summed E-state index contributed by atoms with van der Waals surface area (Å²) in [4.78, 5) is 29.8. The molecule has 1 fully saturated rings. The number of H-pyrrole nitrogens is 2. The van der Waals surface area contributed by atoms with Gasteiger partial charge in [-0.2, -0.15) is 9.61 Å². The molecule has 0 unspecified atom stereocenters. The molecule has 0 atom stereocenters. The van der Waals surface area contributed by atoms with Crippen LogP contribution < -0.4 is 21.7 Å². The summed E-state index contributed by atoms with van der Waals surface area (Å²) in [6.45, 7) is 0. The normalized spacial score (nSPS) is 15.4. The number of aromatic amines is 2. The van der Waals surface area contributed by atoms with Gasteiger partial charge < -0.3 is 15.4 Å². The van der Waals surface area contributed by atoms with E-state index in [0.29, 0.717) is 34.0 Å². The van der Waals surface area contributed by atoms with Crippen LogP contribution in [0.1, 0.15) is 18.5 Å². The summed E-state index contributed by atoms with van der Waals surface area (Å²) in [7, 11) is 0. The van der Waals surface area contributed by atoms with Crippen LogP contribution in [0.2, 0.25) is 0 Å². The molecule has 4 aromatic rings. The fourth-order valence-electron chi connectivity index (χ4n) is 2.83. The van der Waals surface area contributed by atoms with Crippen LogP contribution in [0.25, 0.3) is 11.7 Å². The van der Waals surface area contributed by atoms with Crippen molar-refractivity contribution in [3.8, 4) is 5.88 Å². The van der Waals surface area contributed by atoms with Crippen LogP contribution in [0.5, 0.6) is 5.88 Å². The summed E-state index contributed by atoms with van der Waals surface area (Å²) in [5.41, 5.74) is 0.986. The van der Waals surface area contributed by atoms with Gasteiger partial charge in [-0.3, -0.25) is 9.98 Å². The Morgan fingerprint density at radius 3 is 2.89 bits per heavy atom. The van der Waals surface area contributed by atoms with Crippen molar-refractivity contribution in [2.75, 3.05) is 5.32 Å². The second kappa shape index (κ2) is 6.34. The van der Waals surface area contributed by atoms with E-state index in [9.17, 15) is 9.90 Å². The van der Waals surface area contributed by atoms with Crippen molar-refractivity contribution >= 4 is 23.4 Å². The summed E-state index contributed by atoms with van der Waals surface area (Å²) >= 11 is 0. The minimum absolute atomic E-state index is 0.241. The second-order valence-corrected chi connectivity index (χ2v) is 6.52. The van der Waals surface area contributed by atoms with Gasteiger partial charge in [0.25, 0.3) is 0 Å². The lowest BCUT2D eigenvalue weighted by Crippen LogP contribution is -2.20. The first-order valence-corrected chi connectivity index (χ1v) is 8.79. The van der Waals surface area contributed by atoms with E-state index >= 15 is 0 Å².